The molecule has 3 aromatic carbocycles. The molecule has 0 aromatic heterocycles. The third kappa shape index (κ3) is 5.08. The van der Waals surface area contributed by atoms with E-state index in [-0.39, 0.29) is 21.3 Å². The Labute approximate surface area is 185 Å². The molecule has 0 saturated heterocycles. The lowest BCUT2D eigenvalue weighted by molar-refractivity contribution is 0.102. The first kappa shape index (κ1) is 21.6. The van der Waals surface area contributed by atoms with Crippen LogP contribution in [0.4, 0.5) is 15.8 Å². The number of hydrogen-bond donors (Lipinski definition) is 2. The van der Waals surface area contributed by atoms with E-state index in [0.717, 1.165) is 10.5 Å². The van der Waals surface area contributed by atoms with Gasteiger partial charge >= 0.3 is 0 Å². The summed E-state index contributed by atoms with van der Waals surface area (Å²) in [4.78, 5) is 12.1. The monoisotopic (exact) mass is 516 g/mol. The Morgan fingerprint density at radius 3 is 2.38 bits per heavy atom. The highest BCUT2D eigenvalue weighted by Crippen LogP contribution is 2.27. The lowest BCUT2D eigenvalue weighted by Crippen LogP contribution is -2.19. The van der Waals surface area contributed by atoms with E-state index in [4.69, 9.17) is 23.2 Å². The van der Waals surface area contributed by atoms with Crippen LogP contribution in [0.25, 0.3) is 0 Å². The molecule has 0 saturated carbocycles. The Balaban J connectivity index is 1.95. The van der Waals surface area contributed by atoms with Crippen molar-refractivity contribution in [3.05, 3.63) is 86.6 Å². The molecule has 0 unspecified atom stereocenters. The predicted octanol–water partition coefficient (Wildman–Crippen LogP) is 5.95. The average Bonchev–Trinajstić information content (AvgIpc) is 2.67. The van der Waals surface area contributed by atoms with Gasteiger partial charge in [0, 0.05) is 15.2 Å². The Hall–Kier alpha value is -2.13. The molecule has 0 heterocycles. The fourth-order valence-corrected chi connectivity index (χ4v) is 4.26. The lowest BCUT2D eigenvalue weighted by atomic mass is 10.1. The maximum Gasteiger partial charge on any atom is 0.264 e. The van der Waals surface area contributed by atoms with E-state index in [1.165, 1.54) is 30.3 Å². The highest BCUT2D eigenvalue weighted by Gasteiger charge is 2.23. The number of hydrogen-bond acceptors (Lipinski definition) is 3. The van der Waals surface area contributed by atoms with E-state index < -0.39 is 26.6 Å². The molecule has 0 radical (unpaired) electrons. The summed E-state index contributed by atoms with van der Waals surface area (Å²) in [5.41, 5.74) is 0.391. The maximum atomic E-state index is 14.2. The molecule has 3 rings (SSSR count). The second-order valence-corrected chi connectivity index (χ2v) is 9.22. The van der Waals surface area contributed by atoms with Crippen LogP contribution in [0.1, 0.15) is 10.4 Å². The van der Waals surface area contributed by atoms with Gasteiger partial charge < -0.3 is 5.32 Å². The fourth-order valence-electron chi connectivity index (χ4n) is 2.42. The van der Waals surface area contributed by atoms with Crippen molar-refractivity contribution in [1.82, 2.24) is 0 Å². The van der Waals surface area contributed by atoms with Crippen LogP contribution in [0.5, 0.6) is 0 Å². The quantitative estimate of drug-likeness (QED) is 0.439. The van der Waals surface area contributed by atoms with Gasteiger partial charge in [-0.15, -0.1) is 0 Å². The smallest absolute Gasteiger partial charge is 0.264 e. The lowest BCUT2D eigenvalue weighted by Gasteiger charge is -2.14. The van der Waals surface area contributed by atoms with Crippen molar-refractivity contribution < 1.29 is 17.6 Å². The second kappa shape index (κ2) is 8.71. The molecule has 3 aromatic rings. The Morgan fingerprint density at radius 1 is 1.00 bits per heavy atom. The van der Waals surface area contributed by atoms with E-state index in [0.29, 0.717) is 5.69 Å². The first-order chi connectivity index (χ1) is 13.7. The van der Waals surface area contributed by atoms with Gasteiger partial charge in [0.05, 0.1) is 16.3 Å². The standard InChI is InChI=1S/C19H12BrCl2FN2O3S/c20-11-4-7-13(8-5-11)24-19(26)14-10-12(21)6-9-16(14)25-29(27,28)17-3-1-2-15(22)18(17)23/h1-10,25H,(H,24,26). The first-order valence-corrected chi connectivity index (χ1v) is 11.0. The van der Waals surface area contributed by atoms with Gasteiger partial charge in [-0.3, -0.25) is 9.52 Å². The summed E-state index contributed by atoms with van der Waals surface area (Å²) in [6, 6.07) is 14.4. The number of carbonyl (C=O) groups excluding carboxylic acids is 1. The molecule has 2 N–H and O–H groups in total. The molecular weight excluding hydrogens is 506 g/mol. The molecule has 0 aliphatic heterocycles. The van der Waals surface area contributed by atoms with Crippen molar-refractivity contribution in [2.24, 2.45) is 0 Å². The van der Waals surface area contributed by atoms with Gasteiger partial charge in [0.1, 0.15) is 4.90 Å². The fraction of sp³-hybridized carbons (Fsp3) is 0. The zero-order chi connectivity index (χ0) is 21.2. The molecule has 10 heteroatoms. The van der Waals surface area contributed by atoms with E-state index >= 15 is 0 Å². The van der Waals surface area contributed by atoms with Crippen LogP contribution in [0.2, 0.25) is 10.0 Å². The van der Waals surface area contributed by atoms with Crippen LogP contribution in [-0.4, -0.2) is 14.3 Å². The number of anilines is 2. The second-order valence-electron chi connectivity index (χ2n) is 5.81. The van der Waals surface area contributed by atoms with E-state index in [1.807, 2.05) is 0 Å². The van der Waals surface area contributed by atoms with Crippen molar-refractivity contribution in [3.63, 3.8) is 0 Å². The summed E-state index contributed by atoms with van der Waals surface area (Å²) in [7, 11) is -4.35. The van der Waals surface area contributed by atoms with Crippen LogP contribution in [0.15, 0.2) is 70.0 Å². The van der Waals surface area contributed by atoms with Crippen LogP contribution in [-0.2, 0) is 10.0 Å². The van der Waals surface area contributed by atoms with Gasteiger partial charge in [-0.05, 0) is 54.6 Å². The number of halogens is 4. The summed E-state index contributed by atoms with van der Waals surface area (Å²) in [6.45, 7) is 0. The van der Waals surface area contributed by atoms with E-state index in [9.17, 15) is 17.6 Å². The molecule has 0 aliphatic rings. The van der Waals surface area contributed by atoms with Crippen LogP contribution in [0, 0.1) is 5.82 Å². The summed E-state index contributed by atoms with van der Waals surface area (Å²) in [6.07, 6.45) is 0. The number of carbonyl (C=O) groups is 1. The van der Waals surface area contributed by atoms with Crippen LogP contribution < -0.4 is 10.0 Å². The summed E-state index contributed by atoms with van der Waals surface area (Å²) < 4.78 is 42.5. The average molecular weight is 518 g/mol. The molecular formula is C19H12BrCl2FN2O3S. The number of nitrogens with one attached hydrogen (secondary N) is 2. The molecule has 0 fully saturated rings. The van der Waals surface area contributed by atoms with Gasteiger partial charge in [-0.2, -0.15) is 0 Å². The topological polar surface area (TPSA) is 75.3 Å². The molecule has 29 heavy (non-hydrogen) atoms. The summed E-state index contributed by atoms with van der Waals surface area (Å²) >= 11 is 14.9. The normalized spacial score (nSPS) is 11.2. The van der Waals surface area contributed by atoms with Crippen LogP contribution in [0.3, 0.4) is 0 Å². The van der Waals surface area contributed by atoms with Crippen molar-refractivity contribution in [3.8, 4) is 0 Å². The minimum absolute atomic E-state index is 0.0357. The SMILES string of the molecule is O=C(Nc1ccc(Br)cc1)c1cc(Cl)ccc1NS(=O)(=O)c1cccc(Cl)c1F. The van der Waals surface area contributed by atoms with Crippen molar-refractivity contribution in [2.45, 2.75) is 4.90 Å². The number of rotatable bonds is 5. The molecule has 1 amide bonds. The highest BCUT2D eigenvalue weighted by molar-refractivity contribution is 9.10. The zero-order valence-corrected chi connectivity index (χ0v) is 18.3. The Bertz CT molecular complexity index is 1190. The molecule has 5 nitrogen and oxygen atoms in total. The number of benzene rings is 3. The molecule has 0 bridgehead atoms. The third-order valence-electron chi connectivity index (χ3n) is 3.78. The van der Waals surface area contributed by atoms with Gasteiger partial charge in [0.25, 0.3) is 15.9 Å². The van der Waals surface area contributed by atoms with Crippen molar-refractivity contribution in [2.75, 3.05) is 10.0 Å². The van der Waals surface area contributed by atoms with Crippen molar-refractivity contribution >= 4 is 66.4 Å². The third-order valence-corrected chi connectivity index (χ3v) is 6.22. The molecule has 150 valence electrons. The van der Waals surface area contributed by atoms with Gasteiger partial charge in [0.15, 0.2) is 5.82 Å². The highest BCUT2D eigenvalue weighted by atomic mass is 79.9. The largest absolute Gasteiger partial charge is 0.322 e. The van der Waals surface area contributed by atoms with Crippen LogP contribution >= 0.6 is 39.1 Å². The minimum atomic E-state index is -4.35. The Kier molecular flexibility index (Phi) is 6.48. The molecule has 0 atom stereocenters. The van der Waals surface area contributed by atoms with Gasteiger partial charge in [-0.25, -0.2) is 12.8 Å². The van der Waals surface area contributed by atoms with Crippen molar-refractivity contribution in [1.29, 1.82) is 0 Å². The first-order valence-electron chi connectivity index (χ1n) is 8.01. The van der Waals surface area contributed by atoms with E-state index in [2.05, 4.69) is 26.0 Å². The molecule has 0 aliphatic carbocycles. The maximum absolute atomic E-state index is 14.2. The number of sulfonamides is 1. The minimum Gasteiger partial charge on any atom is -0.322 e. The van der Waals surface area contributed by atoms with E-state index in [1.54, 1.807) is 24.3 Å². The summed E-state index contributed by atoms with van der Waals surface area (Å²) in [5.74, 6) is -1.68. The predicted molar refractivity (Wildman–Crippen MR) is 116 cm³/mol. The summed E-state index contributed by atoms with van der Waals surface area (Å²) in [5, 5.41) is 2.54. The zero-order valence-electron chi connectivity index (χ0n) is 14.4. The van der Waals surface area contributed by atoms with Gasteiger partial charge in [-0.1, -0.05) is 45.2 Å². The number of amides is 1. The Morgan fingerprint density at radius 2 is 1.69 bits per heavy atom. The van der Waals surface area contributed by atoms with Gasteiger partial charge in [0.2, 0.25) is 0 Å². The molecule has 0 spiro atoms.